The van der Waals surface area contributed by atoms with Gasteiger partial charge in [-0.05, 0) is 6.07 Å². The highest BCUT2D eigenvalue weighted by molar-refractivity contribution is 5.89. The number of benzene rings is 2. The predicted octanol–water partition coefficient (Wildman–Crippen LogP) is 5.17. The Balaban J connectivity index is 0.000000122. The molecule has 28 heavy (non-hydrogen) atoms. The van der Waals surface area contributed by atoms with Crippen LogP contribution in [0.2, 0.25) is 0 Å². The zero-order valence-electron chi connectivity index (χ0n) is 15.7. The number of rotatable bonds is 0. The fraction of sp³-hybridized carbons (Fsp3) is 0.200. The molecule has 0 fully saturated rings. The summed E-state index contributed by atoms with van der Waals surface area (Å²) < 4.78 is 21.6. The maximum absolute atomic E-state index is 5.39. The molecule has 0 radical (unpaired) electrons. The second-order valence-electron chi connectivity index (χ2n) is 6.51. The second kappa shape index (κ2) is 5.91. The second-order valence-corrected chi connectivity index (χ2v) is 6.51. The molecule has 140 valence electrons. The molecule has 0 saturated carbocycles. The summed E-state index contributed by atoms with van der Waals surface area (Å²) in [5.74, 6) is 2.63. The Hall–Kier alpha value is -3.68. The van der Waals surface area contributed by atoms with E-state index in [9.17, 15) is 0 Å². The van der Waals surface area contributed by atoms with Gasteiger partial charge in [0.2, 0.25) is 0 Å². The number of oxazole rings is 4. The molecule has 4 heterocycles. The zero-order valence-corrected chi connectivity index (χ0v) is 15.7. The van der Waals surface area contributed by atoms with E-state index in [1.54, 1.807) is 0 Å². The van der Waals surface area contributed by atoms with Gasteiger partial charge in [-0.15, -0.1) is 0 Å². The maximum atomic E-state index is 5.39. The third-order valence-corrected chi connectivity index (χ3v) is 4.22. The van der Waals surface area contributed by atoms with Crippen LogP contribution in [0.1, 0.15) is 23.6 Å². The molecule has 0 atom stereocenters. The van der Waals surface area contributed by atoms with Crippen molar-refractivity contribution >= 4 is 44.4 Å². The van der Waals surface area contributed by atoms with Gasteiger partial charge in [-0.3, -0.25) is 0 Å². The minimum Gasteiger partial charge on any atom is -0.441 e. The topological polar surface area (TPSA) is 104 Å². The summed E-state index contributed by atoms with van der Waals surface area (Å²) in [4.78, 5) is 16.9. The van der Waals surface area contributed by atoms with Gasteiger partial charge >= 0.3 is 0 Å². The number of nitrogens with zero attached hydrogens (tertiary/aromatic N) is 4. The summed E-state index contributed by atoms with van der Waals surface area (Å²) in [6.07, 6.45) is 0. The normalized spacial score (nSPS) is 11.6. The van der Waals surface area contributed by atoms with E-state index < -0.39 is 0 Å². The first-order chi connectivity index (χ1) is 13.4. The van der Waals surface area contributed by atoms with Gasteiger partial charge in [-0.25, -0.2) is 19.9 Å². The van der Waals surface area contributed by atoms with Gasteiger partial charge in [-0.1, -0.05) is 0 Å². The summed E-state index contributed by atoms with van der Waals surface area (Å²) in [6.45, 7) is 7.28. The quantitative estimate of drug-likeness (QED) is 0.357. The van der Waals surface area contributed by atoms with Crippen molar-refractivity contribution in [2.45, 2.75) is 27.7 Å². The molecule has 8 nitrogen and oxygen atoms in total. The predicted molar refractivity (Wildman–Crippen MR) is 102 cm³/mol. The van der Waals surface area contributed by atoms with Crippen LogP contribution in [0.4, 0.5) is 0 Å². The van der Waals surface area contributed by atoms with Crippen molar-refractivity contribution < 1.29 is 17.7 Å². The first kappa shape index (κ1) is 16.5. The van der Waals surface area contributed by atoms with Crippen molar-refractivity contribution in [3.8, 4) is 0 Å². The zero-order chi connectivity index (χ0) is 19.4. The van der Waals surface area contributed by atoms with E-state index in [0.717, 1.165) is 44.4 Å². The van der Waals surface area contributed by atoms with Gasteiger partial charge in [0.25, 0.3) is 0 Å². The molecule has 0 unspecified atom stereocenters. The summed E-state index contributed by atoms with van der Waals surface area (Å²) in [5, 5.41) is 0. The Labute approximate surface area is 158 Å². The van der Waals surface area contributed by atoms with Crippen molar-refractivity contribution in [2.75, 3.05) is 0 Å². The van der Waals surface area contributed by atoms with Crippen molar-refractivity contribution in [2.24, 2.45) is 0 Å². The SMILES string of the molecule is Cc1nc2cc3nc(C)oc3cc2o1.Cc1nc2cc3oc(C)nc3cc2o1. The van der Waals surface area contributed by atoms with Crippen molar-refractivity contribution in [3.05, 3.63) is 47.8 Å². The van der Waals surface area contributed by atoms with Crippen LogP contribution in [-0.4, -0.2) is 19.9 Å². The molecular weight excluding hydrogens is 360 g/mol. The minimum atomic E-state index is 0.657. The van der Waals surface area contributed by atoms with Crippen LogP contribution < -0.4 is 0 Å². The fourth-order valence-electron chi connectivity index (χ4n) is 3.16. The molecule has 0 N–H and O–H groups in total. The first-order valence-corrected chi connectivity index (χ1v) is 8.73. The van der Waals surface area contributed by atoms with Crippen molar-refractivity contribution in [3.63, 3.8) is 0 Å². The standard InChI is InChI=1S/2C10H8N2O2/c1-5-11-7-3-10-8(4-9(7)13-5)12-6(2)14-10;1-5-11-7-3-8-10(4-9(7)13-5)14-6(2)12-8/h2*3-4H,1-2H3. The van der Waals surface area contributed by atoms with Gasteiger partial charge < -0.3 is 17.7 Å². The van der Waals surface area contributed by atoms with E-state index in [1.165, 1.54) is 0 Å². The molecule has 0 aliphatic heterocycles. The van der Waals surface area contributed by atoms with E-state index in [0.29, 0.717) is 23.6 Å². The highest BCUT2D eigenvalue weighted by atomic mass is 16.4. The first-order valence-electron chi connectivity index (χ1n) is 8.73. The van der Waals surface area contributed by atoms with Crippen LogP contribution in [0.15, 0.2) is 41.9 Å². The van der Waals surface area contributed by atoms with Crippen LogP contribution in [0.5, 0.6) is 0 Å². The molecular formula is C20H16N4O4. The lowest BCUT2D eigenvalue weighted by Gasteiger charge is -1.84. The monoisotopic (exact) mass is 376 g/mol. The number of aromatic nitrogens is 4. The number of hydrogen-bond acceptors (Lipinski definition) is 8. The number of aryl methyl sites for hydroxylation is 4. The van der Waals surface area contributed by atoms with Gasteiger partial charge in [0.15, 0.2) is 45.9 Å². The molecule has 0 aliphatic rings. The lowest BCUT2D eigenvalue weighted by atomic mass is 10.3. The van der Waals surface area contributed by atoms with Gasteiger partial charge in [0.1, 0.15) is 22.1 Å². The Kier molecular flexibility index (Phi) is 3.48. The summed E-state index contributed by atoms with van der Waals surface area (Å²) >= 11 is 0. The van der Waals surface area contributed by atoms with E-state index in [4.69, 9.17) is 17.7 Å². The minimum absolute atomic E-state index is 0.657. The van der Waals surface area contributed by atoms with Crippen LogP contribution in [0.3, 0.4) is 0 Å². The Morgan fingerprint density at radius 2 is 0.714 bits per heavy atom. The van der Waals surface area contributed by atoms with Crippen LogP contribution in [-0.2, 0) is 0 Å². The Morgan fingerprint density at radius 3 is 1.07 bits per heavy atom. The fourth-order valence-corrected chi connectivity index (χ4v) is 3.16. The summed E-state index contributed by atoms with van der Waals surface area (Å²) in [5.41, 5.74) is 6.26. The van der Waals surface area contributed by atoms with Crippen LogP contribution in [0, 0.1) is 27.7 Å². The van der Waals surface area contributed by atoms with E-state index >= 15 is 0 Å². The molecule has 6 rings (SSSR count). The van der Waals surface area contributed by atoms with Crippen LogP contribution >= 0.6 is 0 Å². The molecule has 8 heteroatoms. The summed E-state index contributed by atoms with van der Waals surface area (Å²) in [6, 6.07) is 7.39. The largest absolute Gasteiger partial charge is 0.441 e. The van der Waals surface area contributed by atoms with Crippen LogP contribution in [0.25, 0.3) is 44.4 Å². The summed E-state index contributed by atoms with van der Waals surface area (Å²) in [7, 11) is 0. The molecule has 0 amide bonds. The third-order valence-electron chi connectivity index (χ3n) is 4.22. The molecule has 4 aromatic heterocycles. The molecule has 2 aromatic carbocycles. The average Bonchev–Trinajstić information content (AvgIpc) is 3.33. The van der Waals surface area contributed by atoms with Gasteiger partial charge in [0.05, 0.1) is 0 Å². The smallest absolute Gasteiger partial charge is 0.192 e. The van der Waals surface area contributed by atoms with Crippen molar-refractivity contribution in [1.82, 2.24) is 19.9 Å². The van der Waals surface area contributed by atoms with E-state index in [1.807, 2.05) is 52.0 Å². The van der Waals surface area contributed by atoms with Gasteiger partial charge in [0, 0.05) is 45.9 Å². The lowest BCUT2D eigenvalue weighted by molar-refractivity contribution is 0.552. The number of fused-ring (bicyclic) bond motifs is 4. The van der Waals surface area contributed by atoms with E-state index in [2.05, 4.69) is 19.9 Å². The Bertz CT molecular complexity index is 1150. The van der Waals surface area contributed by atoms with E-state index in [-0.39, 0.29) is 0 Å². The molecule has 0 bridgehead atoms. The molecule has 0 aliphatic carbocycles. The lowest BCUT2D eigenvalue weighted by Crippen LogP contribution is -1.71. The maximum Gasteiger partial charge on any atom is 0.192 e. The molecule has 0 spiro atoms. The Morgan fingerprint density at radius 1 is 0.429 bits per heavy atom. The molecule has 6 aromatic rings. The highest BCUT2D eigenvalue weighted by Gasteiger charge is 2.09. The third kappa shape index (κ3) is 2.79. The average molecular weight is 376 g/mol. The van der Waals surface area contributed by atoms with Crippen molar-refractivity contribution in [1.29, 1.82) is 0 Å². The van der Waals surface area contributed by atoms with Gasteiger partial charge in [-0.2, -0.15) is 0 Å². The highest BCUT2D eigenvalue weighted by Crippen LogP contribution is 2.24. The molecule has 0 saturated heterocycles. The number of hydrogen-bond donors (Lipinski definition) is 0.